The number of aromatic nitrogens is 2. The van der Waals surface area contributed by atoms with Gasteiger partial charge in [0.15, 0.2) is 5.78 Å². The summed E-state index contributed by atoms with van der Waals surface area (Å²) in [4.78, 5) is 33.0. The number of pyridine rings is 2. The average Bonchev–Trinajstić information content (AvgIpc) is 2.86. The lowest BCUT2D eigenvalue weighted by molar-refractivity contribution is 0.0956. The predicted octanol–water partition coefficient (Wildman–Crippen LogP) is 4.43. The molecule has 1 N–H and O–H groups in total. The first-order valence-electron chi connectivity index (χ1n) is 11.1. The monoisotopic (exact) mass is 469 g/mol. The summed E-state index contributed by atoms with van der Waals surface area (Å²) in [7, 11) is 1.45. The molecule has 4 aromatic rings. The van der Waals surface area contributed by atoms with Gasteiger partial charge in [0, 0.05) is 29.8 Å². The van der Waals surface area contributed by atoms with Gasteiger partial charge in [-0.05, 0) is 59.4 Å². The van der Waals surface area contributed by atoms with Crippen molar-refractivity contribution in [2.24, 2.45) is 0 Å². The molecule has 0 radical (unpaired) electrons. The van der Waals surface area contributed by atoms with Crippen molar-refractivity contribution in [1.82, 2.24) is 15.3 Å². The molecule has 1 aliphatic carbocycles. The number of benzene rings is 2. The highest BCUT2D eigenvalue weighted by atomic mass is 19.1. The molecule has 0 unspecified atom stereocenters. The van der Waals surface area contributed by atoms with E-state index in [1.165, 1.54) is 25.4 Å². The van der Waals surface area contributed by atoms with Crippen LogP contribution in [-0.2, 0) is 18.3 Å². The Morgan fingerprint density at radius 1 is 0.857 bits per heavy atom. The molecule has 5 nitrogen and oxygen atoms in total. The molecule has 1 amide bonds. The maximum Gasteiger partial charge on any atom is 0.269 e. The smallest absolute Gasteiger partial charge is 0.269 e. The van der Waals surface area contributed by atoms with Gasteiger partial charge in [-0.1, -0.05) is 48.5 Å². The van der Waals surface area contributed by atoms with Crippen LogP contribution >= 0.6 is 0 Å². The number of hydrogen-bond donors (Lipinski definition) is 1. The lowest BCUT2D eigenvalue weighted by Gasteiger charge is -2.41. The molecule has 0 bridgehead atoms. The second-order valence-corrected chi connectivity index (χ2v) is 8.61. The zero-order valence-corrected chi connectivity index (χ0v) is 18.9. The van der Waals surface area contributed by atoms with E-state index in [2.05, 4.69) is 15.3 Å². The molecule has 1 aliphatic rings. The van der Waals surface area contributed by atoms with Crippen molar-refractivity contribution in [2.75, 3.05) is 7.05 Å². The van der Waals surface area contributed by atoms with Crippen LogP contribution in [0.2, 0.25) is 0 Å². The van der Waals surface area contributed by atoms with Crippen LogP contribution in [0, 0.1) is 11.9 Å². The van der Waals surface area contributed by atoms with E-state index in [-0.39, 0.29) is 17.9 Å². The number of carbonyl (C=O) groups excluding carboxylic acids is 2. The van der Waals surface area contributed by atoms with Gasteiger partial charge in [-0.3, -0.25) is 9.59 Å². The van der Waals surface area contributed by atoms with E-state index in [1.54, 1.807) is 36.4 Å². The Labute approximate surface area is 200 Å². The molecule has 0 fully saturated rings. The summed E-state index contributed by atoms with van der Waals surface area (Å²) in [6.07, 6.45) is 1.98. The topological polar surface area (TPSA) is 72.0 Å². The Bertz CT molecular complexity index is 1420. The third-order valence-electron chi connectivity index (χ3n) is 6.49. The number of carbonyl (C=O) groups is 2. The van der Waals surface area contributed by atoms with Gasteiger partial charge in [0.2, 0.25) is 11.9 Å². The van der Waals surface area contributed by atoms with E-state index < -0.39 is 23.2 Å². The zero-order valence-electron chi connectivity index (χ0n) is 18.9. The molecule has 35 heavy (non-hydrogen) atoms. The van der Waals surface area contributed by atoms with Crippen LogP contribution in [0.3, 0.4) is 0 Å². The van der Waals surface area contributed by atoms with Gasteiger partial charge in [-0.2, -0.15) is 8.78 Å². The molecule has 0 saturated carbocycles. The summed E-state index contributed by atoms with van der Waals surface area (Å²) in [6, 6.07) is 20.6. The molecule has 0 saturated heterocycles. The van der Waals surface area contributed by atoms with Crippen LogP contribution in [0.5, 0.6) is 0 Å². The average molecular weight is 469 g/mol. The van der Waals surface area contributed by atoms with E-state index in [4.69, 9.17) is 0 Å². The fraction of sp³-hybridized carbons (Fsp3) is 0.143. The van der Waals surface area contributed by atoms with Crippen molar-refractivity contribution in [1.29, 1.82) is 0 Å². The minimum atomic E-state index is -0.845. The van der Waals surface area contributed by atoms with E-state index in [0.717, 1.165) is 11.1 Å². The van der Waals surface area contributed by atoms with Crippen LogP contribution in [0.1, 0.15) is 48.7 Å². The number of hydrogen-bond acceptors (Lipinski definition) is 4. The summed E-state index contributed by atoms with van der Waals surface area (Å²) in [5, 5.41) is 2.47. The Hall–Kier alpha value is -4.26. The SMILES string of the molecule is CNC(=O)c1cc(CC2(Cc3ccnc(F)c3)c3ccccc3C(=O)c3ccccc32)cc(F)n1. The minimum absolute atomic E-state index is 0.0407. The van der Waals surface area contributed by atoms with Gasteiger partial charge in [0.1, 0.15) is 5.69 Å². The van der Waals surface area contributed by atoms with Gasteiger partial charge in [0.25, 0.3) is 5.91 Å². The Morgan fingerprint density at radius 3 is 2.09 bits per heavy atom. The number of ketones is 1. The van der Waals surface area contributed by atoms with Crippen molar-refractivity contribution in [2.45, 2.75) is 18.3 Å². The van der Waals surface area contributed by atoms with Gasteiger partial charge < -0.3 is 5.32 Å². The Morgan fingerprint density at radius 2 is 1.46 bits per heavy atom. The molecule has 0 spiro atoms. The lowest BCUT2D eigenvalue weighted by atomic mass is 9.61. The van der Waals surface area contributed by atoms with Gasteiger partial charge in [-0.15, -0.1) is 0 Å². The summed E-state index contributed by atoms with van der Waals surface area (Å²) in [6.45, 7) is 0. The number of nitrogens with one attached hydrogen (secondary N) is 1. The van der Waals surface area contributed by atoms with Crippen molar-refractivity contribution in [3.05, 3.63) is 130 Å². The fourth-order valence-electron chi connectivity index (χ4n) is 5.08. The van der Waals surface area contributed by atoms with Crippen molar-refractivity contribution < 1.29 is 18.4 Å². The second-order valence-electron chi connectivity index (χ2n) is 8.61. The first-order chi connectivity index (χ1) is 16.9. The molecular formula is C28H21F2N3O2. The molecule has 2 aromatic heterocycles. The van der Waals surface area contributed by atoms with Crippen molar-refractivity contribution in [3.8, 4) is 0 Å². The number of rotatable bonds is 5. The number of halogens is 2. The minimum Gasteiger partial charge on any atom is -0.354 e. The fourth-order valence-corrected chi connectivity index (χ4v) is 5.08. The summed E-state index contributed by atoms with van der Waals surface area (Å²) < 4.78 is 28.6. The maximum atomic E-state index is 14.5. The van der Waals surface area contributed by atoms with Crippen LogP contribution < -0.4 is 5.32 Å². The standard InChI is InChI=1S/C28H21F2N3O2/c1-31-27(35)23-12-18(14-25(30)33-23)16-28(15-17-10-11-32-24(29)13-17)21-8-4-2-6-19(21)26(34)20-7-3-5-9-22(20)28/h2-14H,15-16H2,1H3,(H,31,35). The van der Waals surface area contributed by atoms with Gasteiger partial charge >= 0.3 is 0 Å². The maximum absolute atomic E-state index is 14.5. The molecular weight excluding hydrogens is 448 g/mol. The molecule has 7 heteroatoms. The van der Waals surface area contributed by atoms with Crippen LogP contribution in [0.15, 0.2) is 79.0 Å². The molecule has 0 aliphatic heterocycles. The van der Waals surface area contributed by atoms with Crippen LogP contribution in [-0.4, -0.2) is 28.7 Å². The third-order valence-corrected chi connectivity index (χ3v) is 6.49. The van der Waals surface area contributed by atoms with E-state index in [1.807, 2.05) is 24.3 Å². The molecule has 0 atom stereocenters. The van der Waals surface area contributed by atoms with Gasteiger partial charge in [0.05, 0.1) is 0 Å². The van der Waals surface area contributed by atoms with Crippen molar-refractivity contribution >= 4 is 11.7 Å². The first kappa shape index (κ1) is 22.5. The summed E-state index contributed by atoms with van der Waals surface area (Å²) >= 11 is 0. The van der Waals surface area contributed by atoms with E-state index in [9.17, 15) is 18.4 Å². The van der Waals surface area contributed by atoms with Crippen LogP contribution in [0.25, 0.3) is 0 Å². The second kappa shape index (κ2) is 8.83. The summed E-state index contributed by atoms with van der Waals surface area (Å²) in [5.74, 6) is -1.99. The number of amides is 1. The summed E-state index contributed by atoms with van der Waals surface area (Å²) in [5.41, 5.74) is 2.94. The third kappa shape index (κ3) is 3.99. The molecule has 2 heterocycles. The van der Waals surface area contributed by atoms with E-state index in [0.29, 0.717) is 28.7 Å². The number of nitrogens with zero attached hydrogens (tertiary/aromatic N) is 2. The molecule has 2 aromatic carbocycles. The van der Waals surface area contributed by atoms with Crippen LogP contribution in [0.4, 0.5) is 8.78 Å². The highest BCUT2D eigenvalue weighted by Gasteiger charge is 2.43. The van der Waals surface area contributed by atoms with Gasteiger partial charge in [-0.25, -0.2) is 9.97 Å². The Kier molecular flexibility index (Phi) is 5.68. The normalized spacial score (nSPS) is 13.6. The van der Waals surface area contributed by atoms with E-state index >= 15 is 0 Å². The van der Waals surface area contributed by atoms with Crippen molar-refractivity contribution in [3.63, 3.8) is 0 Å². The lowest BCUT2D eigenvalue weighted by Crippen LogP contribution is -2.40. The quantitative estimate of drug-likeness (QED) is 0.439. The molecule has 174 valence electrons. The highest BCUT2D eigenvalue weighted by Crippen LogP contribution is 2.46. The molecule has 5 rings (SSSR count). The predicted molar refractivity (Wildman–Crippen MR) is 126 cm³/mol. The highest BCUT2D eigenvalue weighted by molar-refractivity contribution is 6.13. The Balaban J connectivity index is 1.77. The zero-order chi connectivity index (χ0) is 24.6. The number of fused-ring (bicyclic) bond motifs is 2. The largest absolute Gasteiger partial charge is 0.354 e. The first-order valence-corrected chi connectivity index (χ1v) is 11.1.